The van der Waals surface area contributed by atoms with E-state index >= 15 is 0 Å². The molecular formula is C15H28N2O6. The van der Waals surface area contributed by atoms with Gasteiger partial charge in [0, 0.05) is 12.0 Å². The first-order chi connectivity index (χ1) is 10.5. The number of carbonyl (C=O) groups excluding carboxylic acids is 2. The smallest absolute Gasteiger partial charge is 0.322 e. The number of carbonyl (C=O) groups is 3. The maximum Gasteiger partial charge on any atom is 0.322 e. The van der Waals surface area contributed by atoms with Gasteiger partial charge < -0.3 is 26.0 Å². The number of aliphatic carboxylic acids is 1. The van der Waals surface area contributed by atoms with Crippen molar-refractivity contribution in [1.82, 2.24) is 5.32 Å². The predicted octanol–water partition coefficient (Wildman–Crippen LogP) is -0.119. The molecule has 0 bridgehead atoms. The van der Waals surface area contributed by atoms with Gasteiger partial charge in [0.2, 0.25) is 5.91 Å². The van der Waals surface area contributed by atoms with Gasteiger partial charge in [0.25, 0.3) is 0 Å². The molecular weight excluding hydrogens is 304 g/mol. The summed E-state index contributed by atoms with van der Waals surface area (Å²) in [6, 6.07) is -0.743. The Morgan fingerprint density at radius 3 is 2.30 bits per heavy atom. The van der Waals surface area contributed by atoms with Crippen molar-refractivity contribution in [3.63, 3.8) is 0 Å². The number of rotatable bonds is 10. The third-order valence-corrected chi connectivity index (χ3v) is 3.24. The molecule has 8 nitrogen and oxygen atoms in total. The molecule has 5 N–H and O–H groups in total. The molecule has 2 unspecified atom stereocenters. The molecule has 0 spiro atoms. The van der Waals surface area contributed by atoms with Crippen LogP contribution >= 0.6 is 0 Å². The van der Waals surface area contributed by atoms with Crippen LogP contribution in [0.5, 0.6) is 0 Å². The van der Waals surface area contributed by atoms with Crippen LogP contribution in [0.1, 0.15) is 40.5 Å². The lowest BCUT2D eigenvalue weighted by Gasteiger charge is -2.29. The Balaban J connectivity index is 4.41. The minimum atomic E-state index is -1.44. The number of aliphatic hydroxyl groups is 1. The zero-order valence-corrected chi connectivity index (χ0v) is 14.2. The molecule has 0 fully saturated rings. The summed E-state index contributed by atoms with van der Waals surface area (Å²) >= 11 is 0. The first-order valence-corrected chi connectivity index (χ1v) is 7.57. The zero-order valence-electron chi connectivity index (χ0n) is 14.2. The summed E-state index contributed by atoms with van der Waals surface area (Å²) in [5, 5.41) is 20.8. The van der Waals surface area contributed by atoms with Gasteiger partial charge in [0.05, 0.1) is 13.0 Å². The highest BCUT2D eigenvalue weighted by atomic mass is 16.5. The molecule has 23 heavy (non-hydrogen) atoms. The lowest BCUT2D eigenvalue weighted by atomic mass is 9.87. The average Bonchev–Trinajstić information content (AvgIpc) is 2.42. The number of hydrogen-bond donors (Lipinski definition) is 4. The Morgan fingerprint density at radius 1 is 1.26 bits per heavy atom. The summed E-state index contributed by atoms with van der Waals surface area (Å²) in [5.74, 6) is -2.09. The Labute approximate surface area is 136 Å². The summed E-state index contributed by atoms with van der Waals surface area (Å²) in [5.41, 5.74) is 4.68. The number of carboxylic acids is 1. The van der Waals surface area contributed by atoms with Crippen molar-refractivity contribution in [3.05, 3.63) is 0 Å². The largest absolute Gasteiger partial charge is 0.481 e. The van der Waals surface area contributed by atoms with Gasteiger partial charge in [-0.05, 0) is 12.3 Å². The first-order valence-electron chi connectivity index (χ1n) is 7.57. The van der Waals surface area contributed by atoms with Crippen LogP contribution in [0.25, 0.3) is 0 Å². The topological polar surface area (TPSA) is 139 Å². The van der Waals surface area contributed by atoms with Gasteiger partial charge in [-0.3, -0.25) is 14.4 Å². The van der Waals surface area contributed by atoms with Gasteiger partial charge in [-0.15, -0.1) is 0 Å². The molecule has 0 saturated heterocycles. The Morgan fingerprint density at radius 2 is 1.83 bits per heavy atom. The number of amides is 1. The predicted molar refractivity (Wildman–Crippen MR) is 83.4 cm³/mol. The molecule has 134 valence electrons. The summed E-state index contributed by atoms with van der Waals surface area (Å²) in [7, 11) is 0. The Kier molecular flexibility index (Phi) is 8.78. The van der Waals surface area contributed by atoms with Gasteiger partial charge in [0.1, 0.15) is 12.1 Å². The van der Waals surface area contributed by atoms with Crippen LogP contribution in [-0.4, -0.2) is 53.4 Å². The standard InChI is InChI=1S/C15H28N2O6/c1-9(2)7-10(16)14(22)23-8-15(3,4)12(20)13(21)17-6-5-11(18)19/h9-10,12,20H,5-8,16H2,1-4H3,(H,17,21)(H,18,19). The molecule has 0 aliphatic rings. The van der Waals surface area contributed by atoms with Crippen LogP contribution in [0.2, 0.25) is 0 Å². The van der Waals surface area contributed by atoms with Gasteiger partial charge in [-0.1, -0.05) is 27.7 Å². The third kappa shape index (κ3) is 8.51. The Hall–Kier alpha value is -1.67. The lowest BCUT2D eigenvalue weighted by Crippen LogP contribution is -2.47. The maximum atomic E-state index is 11.8. The Bertz CT molecular complexity index is 422. The van der Waals surface area contributed by atoms with Crippen LogP contribution in [0.15, 0.2) is 0 Å². The molecule has 0 aliphatic heterocycles. The van der Waals surface area contributed by atoms with Crippen LogP contribution in [0.4, 0.5) is 0 Å². The number of hydrogen-bond acceptors (Lipinski definition) is 6. The fourth-order valence-electron chi connectivity index (χ4n) is 1.79. The van der Waals surface area contributed by atoms with E-state index in [4.69, 9.17) is 15.6 Å². The van der Waals surface area contributed by atoms with Crippen molar-refractivity contribution in [3.8, 4) is 0 Å². The number of carboxylic acid groups (broad SMARTS) is 1. The van der Waals surface area contributed by atoms with Crippen molar-refractivity contribution < 1.29 is 29.3 Å². The van der Waals surface area contributed by atoms with Gasteiger partial charge in [0.15, 0.2) is 0 Å². The van der Waals surface area contributed by atoms with E-state index in [2.05, 4.69) is 5.32 Å². The quantitative estimate of drug-likeness (QED) is 0.409. The highest BCUT2D eigenvalue weighted by Crippen LogP contribution is 2.22. The van der Waals surface area contributed by atoms with Gasteiger partial charge in [-0.25, -0.2) is 0 Å². The van der Waals surface area contributed by atoms with Crippen LogP contribution in [-0.2, 0) is 19.1 Å². The molecule has 0 aromatic rings. The second-order valence-electron chi connectivity index (χ2n) is 6.67. The normalized spacial score (nSPS) is 14.2. The van der Waals surface area contributed by atoms with Crippen molar-refractivity contribution >= 4 is 17.8 Å². The molecule has 0 aromatic heterocycles. The number of esters is 1. The van der Waals surface area contributed by atoms with E-state index in [1.807, 2.05) is 13.8 Å². The molecule has 2 atom stereocenters. The molecule has 0 saturated carbocycles. The molecule has 1 amide bonds. The number of ether oxygens (including phenoxy) is 1. The molecule has 0 rings (SSSR count). The van der Waals surface area contributed by atoms with Gasteiger partial charge in [-0.2, -0.15) is 0 Å². The summed E-state index contributed by atoms with van der Waals surface area (Å²) in [4.78, 5) is 33.9. The highest BCUT2D eigenvalue weighted by molar-refractivity contribution is 5.82. The molecule has 0 aromatic carbocycles. The molecule has 0 aliphatic carbocycles. The van der Waals surface area contributed by atoms with E-state index in [9.17, 15) is 19.5 Å². The minimum absolute atomic E-state index is 0.0830. The monoisotopic (exact) mass is 332 g/mol. The second-order valence-corrected chi connectivity index (χ2v) is 6.67. The maximum absolute atomic E-state index is 11.8. The van der Waals surface area contributed by atoms with E-state index in [0.717, 1.165) is 0 Å². The molecule has 0 heterocycles. The minimum Gasteiger partial charge on any atom is -0.481 e. The number of nitrogens with two attached hydrogens (primary N) is 1. The van der Waals surface area contributed by atoms with Crippen molar-refractivity contribution in [1.29, 1.82) is 0 Å². The van der Waals surface area contributed by atoms with E-state index < -0.39 is 35.4 Å². The van der Waals surface area contributed by atoms with Crippen LogP contribution < -0.4 is 11.1 Å². The van der Waals surface area contributed by atoms with E-state index in [1.54, 1.807) is 13.8 Å². The summed E-state index contributed by atoms with van der Waals surface area (Å²) in [6.45, 7) is 6.74. The van der Waals surface area contributed by atoms with Crippen LogP contribution in [0, 0.1) is 11.3 Å². The number of nitrogens with one attached hydrogen (secondary N) is 1. The van der Waals surface area contributed by atoms with Gasteiger partial charge >= 0.3 is 11.9 Å². The van der Waals surface area contributed by atoms with E-state index in [1.165, 1.54) is 0 Å². The van der Waals surface area contributed by atoms with Crippen molar-refractivity contribution in [2.75, 3.05) is 13.2 Å². The van der Waals surface area contributed by atoms with E-state index in [-0.39, 0.29) is 25.5 Å². The summed E-state index contributed by atoms with van der Waals surface area (Å²) in [6.07, 6.45) is -1.19. The SMILES string of the molecule is CC(C)CC(N)C(=O)OCC(C)(C)C(O)C(=O)NCCC(=O)O. The highest BCUT2D eigenvalue weighted by Gasteiger charge is 2.35. The van der Waals surface area contributed by atoms with Crippen LogP contribution in [0.3, 0.4) is 0 Å². The average molecular weight is 332 g/mol. The first kappa shape index (κ1) is 21.3. The second kappa shape index (κ2) is 9.46. The third-order valence-electron chi connectivity index (χ3n) is 3.24. The fraction of sp³-hybridized carbons (Fsp3) is 0.800. The summed E-state index contributed by atoms with van der Waals surface area (Å²) < 4.78 is 5.09. The lowest BCUT2D eigenvalue weighted by molar-refractivity contribution is -0.154. The zero-order chi connectivity index (χ0) is 18.2. The molecule has 0 radical (unpaired) electrons. The fourth-order valence-corrected chi connectivity index (χ4v) is 1.79. The van der Waals surface area contributed by atoms with Crippen molar-refractivity contribution in [2.45, 2.75) is 52.7 Å². The van der Waals surface area contributed by atoms with E-state index in [0.29, 0.717) is 6.42 Å². The van der Waals surface area contributed by atoms with Crippen molar-refractivity contribution in [2.24, 2.45) is 17.1 Å². The number of aliphatic hydroxyl groups excluding tert-OH is 1. The molecule has 8 heteroatoms.